The lowest BCUT2D eigenvalue weighted by molar-refractivity contribution is -0.384. The van der Waals surface area contributed by atoms with Gasteiger partial charge in [0.05, 0.1) is 17.0 Å². The Bertz CT molecular complexity index is 553. The number of anilines is 1. The standard InChI is InChI=1S/C10H10F4N4O3/c11-9(12)10(13,14)4-16-8(19)5-2-1-3-6(18(20)21)7(5)17-15/h1-3,9,17H,4,15H2,(H,16,19). The van der Waals surface area contributed by atoms with Gasteiger partial charge in [0.2, 0.25) is 0 Å². The number of hydrogen-bond donors (Lipinski definition) is 3. The minimum atomic E-state index is -4.41. The molecule has 0 radical (unpaired) electrons. The van der Waals surface area contributed by atoms with Crippen LogP contribution in [0.5, 0.6) is 0 Å². The molecule has 1 amide bonds. The highest BCUT2D eigenvalue weighted by atomic mass is 19.3. The number of nitro groups is 1. The van der Waals surface area contributed by atoms with Crippen molar-refractivity contribution in [1.29, 1.82) is 0 Å². The summed E-state index contributed by atoms with van der Waals surface area (Å²) in [6, 6.07) is 3.22. The van der Waals surface area contributed by atoms with Crippen molar-refractivity contribution in [2.45, 2.75) is 12.3 Å². The number of hydrogen-bond acceptors (Lipinski definition) is 5. The molecular weight excluding hydrogens is 300 g/mol. The van der Waals surface area contributed by atoms with E-state index in [1.807, 2.05) is 5.43 Å². The molecule has 0 fully saturated rings. The number of rotatable bonds is 6. The van der Waals surface area contributed by atoms with Crippen molar-refractivity contribution < 1.29 is 27.3 Å². The first kappa shape index (κ1) is 16.6. The largest absolute Gasteiger partial charge is 0.346 e. The van der Waals surface area contributed by atoms with Crippen molar-refractivity contribution in [3.8, 4) is 0 Å². The minimum absolute atomic E-state index is 0.416. The minimum Gasteiger partial charge on any atom is -0.346 e. The molecule has 0 aliphatic heterocycles. The van der Waals surface area contributed by atoms with Gasteiger partial charge in [-0.2, -0.15) is 8.78 Å². The zero-order chi connectivity index (χ0) is 16.2. The lowest BCUT2D eigenvalue weighted by atomic mass is 10.1. The highest BCUT2D eigenvalue weighted by Gasteiger charge is 2.41. The number of nitrogen functional groups attached to an aromatic ring is 1. The van der Waals surface area contributed by atoms with Gasteiger partial charge in [0.1, 0.15) is 5.69 Å². The predicted octanol–water partition coefficient (Wildman–Crippen LogP) is 1.51. The summed E-state index contributed by atoms with van der Waals surface area (Å²) in [4.78, 5) is 21.5. The monoisotopic (exact) mass is 310 g/mol. The Morgan fingerprint density at radius 2 is 2.05 bits per heavy atom. The van der Waals surface area contributed by atoms with Gasteiger partial charge in [0, 0.05) is 6.07 Å². The number of alkyl halides is 4. The zero-order valence-electron chi connectivity index (χ0n) is 10.3. The number of nitrogens with two attached hydrogens (primary N) is 1. The number of halogens is 4. The molecule has 0 saturated carbocycles. The fourth-order valence-corrected chi connectivity index (χ4v) is 1.40. The maximum Gasteiger partial charge on any atom is 0.324 e. The zero-order valence-corrected chi connectivity index (χ0v) is 10.3. The summed E-state index contributed by atoms with van der Waals surface area (Å²) in [5, 5.41) is 12.3. The van der Waals surface area contributed by atoms with Gasteiger partial charge in [-0.25, -0.2) is 8.78 Å². The second-order valence-corrected chi connectivity index (χ2v) is 3.85. The first-order valence-electron chi connectivity index (χ1n) is 5.39. The van der Waals surface area contributed by atoms with Crippen molar-refractivity contribution in [1.82, 2.24) is 5.32 Å². The van der Waals surface area contributed by atoms with Crippen LogP contribution in [0.3, 0.4) is 0 Å². The van der Waals surface area contributed by atoms with Crippen molar-refractivity contribution in [2.75, 3.05) is 12.0 Å². The third kappa shape index (κ3) is 3.78. The predicted molar refractivity (Wildman–Crippen MR) is 64.2 cm³/mol. The molecule has 0 heterocycles. The van der Waals surface area contributed by atoms with Gasteiger partial charge in [0.15, 0.2) is 0 Å². The van der Waals surface area contributed by atoms with E-state index in [0.717, 1.165) is 18.2 Å². The molecule has 1 aromatic carbocycles. The topological polar surface area (TPSA) is 110 Å². The third-order valence-corrected chi connectivity index (χ3v) is 2.43. The van der Waals surface area contributed by atoms with E-state index in [1.165, 1.54) is 0 Å². The number of carbonyl (C=O) groups is 1. The Labute approximate surface area is 115 Å². The molecule has 4 N–H and O–H groups in total. The molecule has 0 bridgehead atoms. The summed E-state index contributed by atoms with van der Waals surface area (Å²) in [6.45, 7) is -1.61. The Kier molecular flexibility index (Phi) is 5.02. The smallest absolute Gasteiger partial charge is 0.324 e. The lowest BCUT2D eigenvalue weighted by Gasteiger charge is -2.16. The van der Waals surface area contributed by atoms with Gasteiger partial charge in [-0.3, -0.25) is 20.8 Å². The number of nitrogens with one attached hydrogen (secondary N) is 2. The van der Waals surface area contributed by atoms with E-state index in [1.54, 1.807) is 5.32 Å². The molecule has 0 spiro atoms. The molecule has 21 heavy (non-hydrogen) atoms. The first-order chi connectivity index (χ1) is 9.70. The summed E-state index contributed by atoms with van der Waals surface area (Å²) < 4.78 is 49.3. The second kappa shape index (κ2) is 6.35. The van der Waals surface area contributed by atoms with Crippen molar-refractivity contribution in [3.05, 3.63) is 33.9 Å². The summed E-state index contributed by atoms with van der Waals surface area (Å²) >= 11 is 0. The lowest BCUT2D eigenvalue weighted by Crippen LogP contribution is -2.41. The van der Waals surface area contributed by atoms with E-state index in [0.29, 0.717) is 0 Å². The summed E-state index contributed by atoms with van der Waals surface area (Å²) in [6.07, 6.45) is -3.95. The number of nitrogens with zero attached hydrogens (tertiary/aromatic N) is 1. The Balaban J connectivity index is 2.98. The van der Waals surface area contributed by atoms with Crippen LogP contribution in [0.1, 0.15) is 10.4 Å². The number of para-hydroxylation sites is 1. The van der Waals surface area contributed by atoms with Gasteiger partial charge < -0.3 is 10.7 Å². The van der Waals surface area contributed by atoms with Gasteiger partial charge in [-0.05, 0) is 6.07 Å². The van der Waals surface area contributed by atoms with Crippen LogP contribution in [0.2, 0.25) is 0 Å². The molecule has 116 valence electrons. The highest BCUT2D eigenvalue weighted by molar-refractivity contribution is 6.01. The van der Waals surface area contributed by atoms with Gasteiger partial charge in [-0.1, -0.05) is 6.07 Å². The number of benzene rings is 1. The van der Waals surface area contributed by atoms with Crippen LogP contribution in [0.25, 0.3) is 0 Å². The highest BCUT2D eigenvalue weighted by Crippen LogP contribution is 2.27. The molecule has 1 aromatic rings. The van der Waals surface area contributed by atoms with Crippen molar-refractivity contribution in [2.24, 2.45) is 5.84 Å². The Hall–Kier alpha value is -2.43. The van der Waals surface area contributed by atoms with E-state index in [2.05, 4.69) is 0 Å². The van der Waals surface area contributed by atoms with E-state index in [-0.39, 0.29) is 0 Å². The Morgan fingerprint density at radius 1 is 1.43 bits per heavy atom. The van der Waals surface area contributed by atoms with Crippen LogP contribution in [0, 0.1) is 10.1 Å². The average molecular weight is 310 g/mol. The fourth-order valence-electron chi connectivity index (χ4n) is 1.40. The molecule has 1 rings (SSSR count). The normalized spacial score (nSPS) is 11.3. The van der Waals surface area contributed by atoms with E-state index >= 15 is 0 Å². The number of carbonyl (C=O) groups excluding carboxylic acids is 1. The van der Waals surface area contributed by atoms with Crippen LogP contribution >= 0.6 is 0 Å². The van der Waals surface area contributed by atoms with Gasteiger partial charge in [-0.15, -0.1) is 0 Å². The number of hydrazine groups is 1. The van der Waals surface area contributed by atoms with E-state index < -0.39 is 46.7 Å². The van der Waals surface area contributed by atoms with Crippen molar-refractivity contribution >= 4 is 17.3 Å². The maximum atomic E-state index is 12.7. The molecular formula is C10H10F4N4O3. The average Bonchev–Trinajstić information content (AvgIpc) is 2.43. The quantitative estimate of drug-likeness (QED) is 0.319. The molecule has 0 saturated heterocycles. The van der Waals surface area contributed by atoms with Gasteiger partial charge >= 0.3 is 12.3 Å². The Morgan fingerprint density at radius 3 is 2.52 bits per heavy atom. The molecule has 0 atom stereocenters. The molecule has 11 heteroatoms. The summed E-state index contributed by atoms with van der Waals surface area (Å²) in [7, 11) is 0. The summed E-state index contributed by atoms with van der Waals surface area (Å²) in [5.74, 6) is -0.557. The van der Waals surface area contributed by atoms with Gasteiger partial charge in [0.25, 0.3) is 11.6 Å². The van der Waals surface area contributed by atoms with E-state index in [9.17, 15) is 32.5 Å². The van der Waals surface area contributed by atoms with Crippen LogP contribution in [-0.2, 0) is 0 Å². The summed E-state index contributed by atoms with van der Waals surface area (Å²) in [5.41, 5.74) is 0.508. The SMILES string of the molecule is NNc1c(C(=O)NCC(F)(F)C(F)F)cccc1[N+](=O)[O-]. The molecule has 0 aromatic heterocycles. The maximum absolute atomic E-state index is 12.7. The van der Waals surface area contributed by atoms with Crippen LogP contribution in [0.15, 0.2) is 18.2 Å². The van der Waals surface area contributed by atoms with Crippen LogP contribution in [0.4, 0.5) is 28.9 Å². The number of nitro benzene ring substituents is 1. The number of amides is 1. The van der Waals surface area contributed by atoms with Crippen molar-refractivity contribution in [3.63, 3.8) is 0 Å². The molecule has 7 nitrogen and oxygen atoms in total. The van der Waals surface area contributed by atoms with Crippen LogP contribution < -0.4 is 16.6 Å². The molecule has 0 unspecified atom stereocenters. The molecule has 0 aliphatic rings. The molecule has 0 aliphatic carbocycles. The second-order valence-electron chi connectivity index (χ2n) is 3.85. The first-order valence-corrected chi connectivity index (χ1v) is 5.39. The van der Waals surface area contributed by atoms with E-state index in [4.69, 9.17) is 5.84 Å². The van der Waals surface area contributed by atoms with Crippen LogP contribution in [-0.4, -0.2) is 29.7 Å². The third-order valence-electron chi connectivity index (χ3n) is 2.43. The fraction of sp³-hybridized carbons (Fsp3) is 0.300.